The van der Waals surface area contributed by atoms with Crippen molar-refractivity contribution in [2.45, 2.75) is 51.9 Å². The predicted octanol–water partition coefficient (Wildman–Crippen LogP) is 10.6. The zero-order valence-corrected chi connectivity index (χ0v) is 21.8. The molecule has 42 heavy (non-hydrogen) atoms. The molecular weight excluding hydrogens is 590 g/mol. The van der Waals surface area contributed by atoms with Crippen LogP contribution in [0.2, 0.25) is 0 Å². The molecule has 0 N–H and O–H groups in total. The molecule has 0 bridgehead atoms. The molecule has 13 heteroatoms. The van der Waals surface area contributed by atoms with Gasteiger partial charge in [-0.15, -0.1) is 0 Å². The third-order valence-electron chi connectivity index (χ3n) is 6.96. The Morgan fingerprint density at radius 3 is 1.43 bits per heavy atom. The normalized spacial score (nSPS) is 11.7. The Morgan fingerprint density at radius 1 is 0.452 bits per heavy atom. The number of halogens is 12. The van der Waals surface area contributed by atoms with Gasteiger partial charge in [-0.3, -0.25) is 0 Å². The van der Waals surface area contributed by atoms with Gasteiger partial charge in [0.25, 0.3) is 0 Å². The van der Waals surface area contributed by atoms with E-state index >= 15 is 22.0 Å². The molecule has 0 saturated heterocycles. The summed E-state index contributed by atoms with van der Waals surface area (Å²) in [6.07, 6.45) is 4.41. The van der Waals surface area contributed by atoms with Crippen molar-refractivity contribution in [1.82, 2.24) is 0 Å². The van der Waals surface area contributed by atoms with Crippen molar-refractivity contribution < 1.29 is 52.7 Å². The van der Waals surface area contributed by atoms with Crippen LogP contribution in [-0.4, -0.2) is 6.54 Å². The molecule has 0 atom stereocenters. The minimum atomic E-state index is -2.60. The van der Waals surface area contributed by atoms with Crippen LogP contribution >= 0.6 is 0 Å². The second kappa shape index (κ2) is 12.3. The Hall–Kier alpha value is -3.64. The Labute approximate surface area is 231 Å². The molecule has 0 spiro atoms. The van der Waals surface area contributed by atoms with Crippen LogP contribution in [0.3, 0.4) is 0 Å². The van der Waals surface area contributed by atoms with Gasteiger partial charge in [0.05, 0.1) is 27.2 Å². The molecule has 0 aliphatic heterocycles. The molecule has 226 valence electrons. The lowest BCUT2D eigenvalue weighted by Crippen LogP contribution is -2.24. The van der Waals surface area contributed by atoms with Gasteiger partial charge in [-0.1, -0.05) is 45.4 Å². The minimum absolute atomic E-state index is 0.0128. The van der Waals surface area contributed by atoms with Crippen LogP contribution in [0.15, 0.2) is 12.1 Å². The summed E-state index contributed by atoms with van der Waals surface area (Å²) in [6.45, 7) is 1.36. The van der Waals surface area contributed by atoms with Crippen LogP contribution < -0.4 is 4.90 Å². The first-order chi connectivity index (χ1) is 19.8. The molecule has 0 radical (unpaired) electrons. The van der Waals surface area contributed by atoms with E-state index in [0.29, 0.717) is 18.9 Å². The third kappa shape index (κ3) is 5.22. The van der Waals surface area contributed by atoms with E-state index in [1.165, 1.54) is 0 Å². The number of benzene rings is 4. The molecule has 0 saturated carbocycles. The van der Waals surface area contributed by atoms with E-state index in [4.69, 9.17) is 0 Å². The molecule has 0 amide bonds. The van der Waals surface area contributed by atoms with Crippen molar-refractivity contribution in [3.63, 3.8) is 0 Å². The van der Waals surface area contributed by atoms with Gasteiger partial charge in [-0.05, 0) is 6.42 Å². The number of anilines is 2. The SMILES string of the molecule is CCCCCCCCCN(c1cc(F)cc(F)c1F)c1c(F)c(F)c2c(F)c3c(F)c(F)c(F)c(F)c3c(F)c2c1F. The summed E-state index contributed by atoms with van der Waals surface area (Å²) < 4.78 is 177. The number of fused-ring (bicyclic) bond motifs is 2. The standard InChI is InChI=1S/C29H21F12N/c1-2-3-4-5-6-7-8-9-42(14-11-12(30)10-13(31)19(14)32)29-25(38)18-17(24(37)28(29)41)20(33)15-16(21(18)34)23(36)27(40)26(39)22(15)35/h10-11H,2-9H2,1H3. The van der Waals surface area contributed by atoms with E-state index in [1.807, 2.05) is 6.92 Å². The lowest BCUT2D eigenvalue weighted by Gasteiger charge is -2.27. The maximum atomic E-state index is 15.9. The van der Waals surface area contributed by atoms with Gasteiger partial charge in [-0.25, -0.2) is 52.7 Å². The van der Waals surface area contributed by atoms with Crippen LogP contribution in [0, 0.1) is 69.8 Å². The Morgan fingerprint density at radius 2 is 0.905 bits per heavy atom. The largest absolute Gasteiger partial charge is 0.334 e. The Balaban J connectivity index is 2.00. The summed E-state index contributed by atoms with van der Waals surface area (Å²) >= 11 is 0. The summed E-state index contributed by atoms with van der Waals surface area (Å²) in [6, 6.07) is 0.440. The van der Waals surface area contributed by atoms with Gasteiger partial charge in [0, 0.05) is 18.7 Å². The monoisotopic (exact) mass is 611 g/mol. The van der Waals surface area contributed by atoms with E-state index in [1.54, 1.807) is 0 Å². The van der Waals surface area contributed by atoms with Crippen molar-refractivity contribution in [1.29, 1.82) is 0 Å². The average molecular weight is 611 g/mol. The minimum Gasteiger partial charge on any atom is -0.334 e. The molecule has 0 heterocycles. The quantitative estimate of drug-likeness (QED) is 0.0567. The van der Waals surface area contributed by atoms with Gasteiger partial charge in [0.1, 0.15) is 23.1 Å². The van der Waals surface area contributed by atoms with Crippen LogP contribution in [0.25, 0.3) is 21.5 Å². The summed E-state index contributed by atoms with van der Waals surface area (Å²) in [5, 5.41) is -7.70. The maximum Gasteiger partial charge on any atom is 0.198 e. The molecule has 1 nitrogen and oxygen atoms in total. The van der Waals surface area contributed by atoms with Crippen molar-refractivity contribution >= 4 is 32.9 Å². The summed E-state index contributed by atoms with van der Waals surface area (Å²) in [7, 11) is 0. The first kappa shape index (κ1) is 31.3. The summed E-state index contributed by atoms with van der Waals surface area (Å²) in [4.78, 5) is 0.268. The molecule has 0 aliphatic carbocycles. The molecule has 4 rings (SSSR count). The van der Waals surface area contributed by atoms with Crippen LogP contribution in [-0.2, 0) is 0 Å². The number of nitrogens with zero attached hydrogens (tertiary/aromatic N) is 1. The topological polar surface area (TPSA) is 3.24 Å². The van der Waals surface area contributed by atoms with Crippen molar-refractivity contribution in [2.75, 3.05) is 11.4 Å². The van der Waals surface area contributed by atoms with Crippen molar-refractivity contribution in [2.24, 2.45) is 0 Å². The highest BCUT2D eigenvalue weighted by Crippen LogP contribution is 2.44. The average Bonchev–Trinajstić information content (AvgIpc) is 2.94. The Kier molecular flexibility index (Phi) is 9.17. The summed E-state index contributed by atoms with van der Waals surface area (Å²) in [5.41, 5.74) is -2.78. The number of hydrogen-bond acceptors (Lipinski definition) is 1. The fraction of sp³-hybridized carbons (Fsp3) is 0.310. The highest BCUT2D eigenvalue weighted by molar-refractivity contribution is 6.02. The Bertz CT molecular complexity index is 1680. The molecule has 0 aromatic heterocycles. The van der Waals surface area contributed by atoms with E-state index in [-0.39, 0.29) is 17.4 Å². The first-order valence-corrected chi connectivity index (χ1v) is 12.9. The third-order valence-corrected chi connectivity index (χ3v) is 6.96. The fourth-order valence-corrected chi connectivity index (χ4v) is 4.91. The number of rotatable bonds is 10. The van der Waals surface area contributed by atoms with Gasteiger partial charge >= 0.3 is 0 Å². The van der Waals surface area contributed by atoms with Gasteiger partial charge in [0.15, 0.2) is 52.4 Å². The molecule has 4 aromatic carbocycles. The molecular formula is C29H21F12N. The van der Waals surface area contributed by atoms with Crippen LogP contribution in [0.5, 0.6) is 0 Å². The van der Waals surface area contributed by atoms with Gasteiger partial charge < -0.3 is 4.90 Å². The lowest BCUT2D eigenvalue weighted by molar-refractivity contribution is 0.414. The second-order valence-electron chi connectivity index (χ2n) is 9.67. The first-order valence-electron chi connectivity index (χ1n) is 12.9. The van der Waals surface area contributed by atoms with Crippen LogP contribution in [0.1, 0.15) is 51.9 Å². The highest BCUT2D eigenvalue weighted by Gasteiger charge is 2.35. The molecule has 4 aromatic rings. The fourth-order valence-electron chi connectivity index (χ4n) is 4.91. The van der Waals surface area contributed by atoms with Crippen molar-refractivity contribution in [3.05, 3.63) is 81.9 Å². The second-order valence-corrected chi connectivity index (χ2v) is 9.67. The van der Waals surface area contributed by atoms with E-state index < -0.39 is 109 Å². The van der Waals surface area contributed by atoms with E-state index in [9.17, 15) is 30.7 Å². The lowest BCUT2D eigenvalue weighted by atomic mass is 9.98. The highest BCUT2D eigenvalue weighted by atomic mass is 19.2. The molecule has 0 fully saturated rings. The smallest absolute Gasteiger partial charge is 0.198 e. The maximum absolute atomic E-state index is 15.9. The zero-order chi connectivity index (χ0) is 31.0. The molecule has 0 aliphatic rings. The van der Waals surface area contributed by atoms with Crippen LogP contribution in [0.4, 0.5) is 64.1 Å². The van der Waals surface area contributed by atoms with Gasteiger partial charge in [-0.2, -0.15) is 0 Å². The van der Waals surface area contributed by atoms with E-state index in [0.717, 1.165) is 25.7 Å². The molecule has 0 unspecified atom stereocenters. The van der Waals surface area contributed by atoms with E-state index in [2.05, 4.69) is 0 Å². The number of hydrogen-bond donors (Lipinski definition) is 0. The van der Waals surface area contributed by atoms with Gasteiger partial charge in [0.2, 0.25) is 0 Å². The zero-order valence-electron chi connectivity index (χ0n) is 21.8. The predicted molar refractivity (Wildman–Crippen MR) is 132 cm³/mol. The van der Waals surface area contributed by atoms with Crippen molar-refractivity contribution in [3.8, 4) is 0 Å². The number of unbranched alkanes of at least 4 members (excludes halogenated alkanes) is 6. The summed E-state index contributed by atoms with van der Waals surface area (Å²) in [5.74, 6) is -26.8.